The molecule has 0 aliphatic heterocycles. The summed E-state index contributed by atoms with van der Waals surface area (Å²) in [7, 11) is 5.06. The molecular weight excluding hydrogens is 570 g/mol. The van der Waals surface area contributed by atoms with Crippen LogP contribution >= 0.6 is 12.4 Å². The molecule has 6 nitrogen and oxygen atoms in total. The molecule has 0 radical (unpaired) electrons. The molecule has 0 aromatic heterocycles. The Hall–Kier alpha value is -2.78. The number of azo groups is 1. The van der Waals surface area contributed by atoms with Gasteiger partial charge in [-0.25, -0.2) is 0 Å². The number of nitrogens with zero attached hydrogens (tertiary/aromatic N) is 3. The molecule has 2 unspecified atom stereocenters. The maximum atomic E-state index is 10.7. The zero-order valence-electron chi connectivity index (χ0n) is 28.1. The number of benzene rings is 2. The number of nitriles is 1. The molecule has 2 aromatic carbocycles. The zero-order valence-corrected chi connectivity index (χ0v) is 28.9. The lowest BCUT2D eigenvalue weighted by atomic mass is 9.73. The van der Waals surface area contributed by atoms with Crippen LogP contribution in [0.5, 0.6) is 17.2 Å². The van der Waals surface area contributed by atoms with Gasteiger partial charge in [-0.2, -0.15) is 15.5 Å². The molecule has 0 aliphatic rings. The molecule has 0 aliphatic carbocycles. The second kappa shape index (κ2) is 23.6. The van der Waals surface area contributed by atoms with E-state index in [1.807, 2.05) is 31.2 Å². The average Bonchev–Trinajstić information content (AvgIpc) is 3.03. The number of unbranched alkanes of at least 4 members (excludes halogenated alkanes) is 9. The Bertz CT molecular complexity index is 1100. The van der Waals surface area contributed by atoms with Crippen LogP contribution in [0.25, 0.3) is 0 Å². The highest BCUT2D eigenvalue weighted by Crippen LogP contribution is 2.37. The normalized spacial score (nSPS) is 13.1. The summed E-state index contributed by atoms with van der Waals surface area (Å²) in [4.78, 5) is 0. The Morgan fingerprint density at radius 3 is 2.07 bits per heavy atom. The van der Waals surface area contributed by atoms with E-state index in [1.54, 1.807) is 21.3 Å². The van der Waals surface area contributed by atoms with Crippen LogP contribution in [0.1, 0.15) is 121 Å². The third-order valence-electron chi connectivity index (χ3n) is 8.50. The van der Waals surface area contributed by atoms with Gasteiger partial charge in [-0.15, -0.1) is 12.4 Å². The van der Waals surface area contributed by atoms with Gasteiger partial charge < -0.3 is 14.2 Å². The summed E-state index contributed by atoms with van der Waals surface area (Å²) < 4.78 is 16.7. The van der Waals surface area contributed by atoms with Crippen molar-refractivity contribution in [1.29, 1.82) is 5.26 Å². The van der Waals surface area contributed by atoms with Crippen LogP contribution in [0, 0.1) is 11.3 Å². The Balaban J connectivity index is 0.00000968. The van der Waals surface area contributed by atoms with E-state index < -0.39 is 5.41 Å². The second-order valence-electron chi connectivity index (χ2n) is 11.7. The first-order valence-corrected chi connectivity index (χ1v) is 16.7. The first-order valence-electron chi connectivity index (χ1n) is 16.7. The van der Waals surface area contributed by atoms with Crippen molar-refractivity contribution >= 4 is 12.4 Å². The van der Waals surface area contributed by atoms with E-state index in [2.05, 4.69) is 41.4 Å². The Kier molecular flexibility index (Phi) is 21.0. The first kappa shape index (κ1) is 39.2. The highest BCUT2D eigenvalue weighted by molar-refractivity contribution is 5.85. The van der Waals surface area contributed by atoms with E-state index in [1.165, 1.54) is 63.4 Å². The summed E-state index contributed by atoms with van der Waals surface area (Å²) in [6.07, 6.45) is 18.2. The lowest BCUT2D eigenvalue weighted by molar-refractivity contribution is 0.337. The molecule has 0 heterocycles. The average molecular weight is 628 g/mol. The maximum absolute atomic E-state index is 10.7. The highest BCUT2D eigenvalue weighted by atomic mass is 35.5. The minimum absolute atomic E-state index is 0. The third kappa shape index (κ3) is 13.9. The molecule has 0 amide bonds. The Morgan fingerprint density at radius 1 is 0.795 bits per heavy atom. The highest BCUT2D eigenvalue weighted by Gasteiger charge is 2.32. The molecule has 0 spiro atoms. The van der Waals surface area contributed by atoms with Gasteiger partial charge in [-0.05, 0) is 80.8 Å². The molecule has 2 rings (SSSR count). The van der Waals surface area contributed by atoms with Gasteiger partial charge in [0.05, 0.1) is 38.4 Å². The van der Waals surface area contributed by atoms with Crippen molar-refractivity contribution in [3.05, 3.63) is 53.6 Å². The number of hydrogen-bond donors (Lipinski definition) is 0. The summed E-state index contributed by atoms with van der Waals surface area (Å²) in [5.74, 6) is 2.32. The smallest absolute Gasteiger partial charge is 0.160 e. The fourth-order valence-electron chi connectivity index (χ4n) is 5.99. The summed E-state index contributed by atoms with van der Waals surface area (Å²) >= 11 is 0. The molecule has 0 N–H and O–H groups in total. The molecule has 0 bridgehead atoms. The van der Waals surface area contributed by atoms with Crippen molar-refractivity contribution in [1.82, 2.24) is 0 Å². The summed E-state index contributed by atoms with van der Waals surface area (Å²) in [6.45, 7) is 4.88. The standard InChI is InChI=1S/C37H57N3O3.ClH/c1-6-8-9-10-11-12-13-14-15-16-26-37(30-38,32-19-17-21-34(29-32)43-7-2)27-18-20-33(40-39-3)24-22-31-23-25-35(41-4)36(28-31)42-5;/h17,19,21,23,25,28-29,33H,6-16,18,20,22,24,26-27H2,1-5H3;1H. The van der Waals surface area contributed by atoms with E-state index in [0.29, 0.717) is 6.61 Å². The topological polar surface area (TPSA) is 76.2 Å². The number of rotatable bonds is 24. The predicted octanol–water partition coefficient (Wildman–Crippen LogP) is 10.9. The minimum Gasteiger partial charge on any atom is -0.494 e. The maximum Gasteiger partial charge on any atom is 0.160 e. The lowest BCUT2D eigenvalue weighted by Gasteiger charge is -2.28. The third-order valence-corrected chi connectivity index (χ3v) is 8.50. The van der Waals surface area contributed by atoms with Gasteiger partial charge in [0.25, 0.3) is 0 Å². The largest absolute Gasteiger partial charge is 0.494 e. The van der Waals surface area contributed by atoms with Crippen molar-refractivity contribution < 1.29 is 14.2 Å². The van der Waals surface area contributed by atoms with Crippen molar-refractivity contribution in [3.63, 3.8) is 0 Å². The van der Waals surface area contributed by atoms with Crippen LogP contribution < -0.4 is 14.2 Å². The van der Waals surface area contributed by atoms with Gasteiger partial charge in [-0.3, -0.25) is 0 Å². The molecule has 2 aromatic rings. The van der Waals surface area contributed by atoms with Crippen LogP contribution in [-0.2, 0) is 11.8 Å². The fraction of sp³-hybridized carbons (Fsp3) is 0.649. The Morgan fingerprint density at radius 2 is 1.45 bits per heavy atom. The molecule has 44 heavy (non-hydrogen) atoms. The first-order chi connectivity index (χ1) is 21.0. The number of halogens is 1. The number of aryl methyl sites for hydroxylation is 1. The molecule has 0 saturated heterocycles. The van der Waals surface area contributed by atoms with Gasteiger partial charge in [-0.1, -0.05) is 89.3 Å². The number of methoxy groups -OCH3 is 2. The van der Waals surface area contributed by atoms with Crippen LogP contribution in [0.2, 0.25) is 0 Å². The van der Waals surface area contributed by atoms with Crippen LogP contribution in [0.3, 0.4) is 0 Å². The minimum atomic E-state index is -0.523. The van der Waals surface area contributed by atoms with Crippen LogP contribution in [-0.4, -0.2) is 33.9 Å². The fourth-order valence-corrected chi connectivity index (χ4v) is 5.99. The molecule has 7 heteroatoms. The summed E-state index contributed by atoms with van der Waals surface area (Å²) in [6, 6.07) is 17.2. The van der Waals surface area contributed by atoms with Gasteiger partial charge in [0.1, 0.15) is 5.75 Å². The van der Waals surface area contributed by atoms with E-state index in [-0.39, 0.29) is 18.4 Å². The van der Waals surface area contributed by atoms with E-state index >= 15 is 0 Å². The quantitative estimate of drug-likeness (QED) is 0.0856. The van der Waals surface area contributed by atoms with Crippen LogP contribution in [0.15, 0.2) is 52.7 Å². The van der Waals surface area contributed by atoms with Gasteiger partial charge in [0.15, 0.2) is 11.5 Å². The van der Waals surface area contributed by atoms with Crippen molar-refractivity contribution in [3.8, 4) is 23.3 Å². The summed E-state index contributed by atoms with van der Waals surface area (Å²) in [5.41, 5.74) is 1.75. The molecule has 246 valence electrons. The van der Waals surface area contributed by atoms with E-state index in [9.17, 15) is 5.26 Å². The van der Waals surface area contributed by atoms with Gasteiger partial charge in [0.2, 0.25) is 0 Å². The molecule has 0 saturated carbocycles. The number of hydrogen-bond acceptors (Lipinski definition) is 6. The van der Waals surface area contributed by atoms with E-state index in [4.69, 9.17) is 14.2 Å². The van der Waals surface area contributed by atoms with Crippen molar-refractivity contribution in [2.75, 3.05) is 27.9 Å². The Labute approximate surface area is 274 Å². The zero-order chi connectivity index (χ0) is 31.2. The molecular formula is C37H58ClN3O3. The predicted molar refractivity (Wildman–Crippen MR) is 185 cm³/mol. The van der Waals surface area contributed by atoms with E-state index in [0.717, 1.165) is 67.8 Å². The molecule has 0 fully saturated rings. The molecule has 2 atom stereocenters. The monoisotopic (exact) mass is 627 g/mol. The van der Waals surface area contributed by atoms with Crippen LogP contribution in [0.4, 0.5) is 0 Å². The van der Waals surface area contributed by atoms with Gasteiger partial charge >= 0.3 is 0 Å². The van der Waals surface area contributed by atoms with Crippen molar-refractivity contribution in [2.24, 2.45) is 10.2 Å². The van der Waals surface area contributed by atoms with Gasteiger partial charge in [0, 0.05) is 7.05 Å². The second-order valence-corrected chi connectivity index (χ2v) is 11.7. The summed E-state index contributed by atoms with van der Waals surface area (Å²) in [5, 5.41) is 19.4. The van der Waals surface area contributed by atoms with Crippen molar-refractivity contribution in [2.45, 2.75) is 128 Å². The lowest BCUT2D eigenvalue weighted by Crippen LogP contribution is -2.25. The number of ether oxygens (including phenoxy) is 3. The SMILES string of the molecule is CCCCCCCCCCCCC(C#N)(CCCC(CCc1ccc(OC)c(OC)c1)N=NC)c1cccc(OCC)c1.Cl.